The van der Waals surface area contributed by atoms with E-state index in [0.29, 0.717) is 0 Å². The second-order valence-corrected chi connectivity index (χ2v) is 5.10. The summed E-state index contributed by atoms with van der Waals surface area (Å²) in [5.41, 5.74) is 8.29. The lowest BCUT2D eigenvalue weighted by atomic mass is 10.1. The van der Waals surface area contributed by atoms with Crippen molar-refractivity contribution in [2.75, 3.05) is 0 Å². The third kappa shape index (κ3) is 4.03. The van der Waals surface area contributed by atoms with Gasteiger partial charge in [-0.25, -0.2) is 0 Å². The van der Waals surface area contributed by atoms with Gasteiger partial charge in [-0.1, -0.05) is 42.0 Å². The van der Waals surface area contributed by atoms with Gasteiger partial charge >= 0.3 is 0 Å². The summed E-state index contributed by atoms with van der Waals surface area (Å²) in [4.78, 5) is 0. The molecule has 0 bridgehead atoms. The van der Waals surface area contributed by atoms with E-state index in [1.165, 1.54) is 33.4 Å². The van der Waals surface area contributed by atoms with Gasteiger partial charge in [0.05, 0.1) is 0 Å². The lowest BCUT2D eigenvalue weighted by molar-refractivity contribution is 1.27. The second kappa shape index (κ2) is 6.39. The van der Waals surface area contributed by atoms with E-state index < -0.39 is 0 Å². The molecule has 0 radical (unpaired) electrons. The Morgan fingerprint density at radius 2 is 1.11 bits per heavy atom. The first-order valence-corrected chi connectivity index (χ1v) is 6.48. The average Bonchev–Trinajstić information content (AvgIpc) is 2.32. The van der Waals surface area contributed by atoms with Gasteiger partial charge in [0.25, 0.3) is 0 Å². The molecule has 96 valence electrons. The molecule has 0 unspecified atom stereocenters. The number of rotatable bonds is 0. The highest BCUT2D eigenvalue weighted by Gasteiger charge is 1.92. The van der Waals surface area contributed by atoms with Crippen LogP contribution < -0.4 is 0 Å². The van der Waals surface area contributed by atoms with Gasteiger partial charge in [0.1, 0.15) is 0 Å². The number of aryl methyl sites for hydroxylation is 5. The molecule has 0 atom stereocenters. The molecule has 0 nitrogen and oxygen atoms in total. The smallest absolute Gasteiger partial charge is 0.0392 e. The van der Waals surface area contributed by atoms with Crippen LogP contribution in [-0.2, 0) is 0 Å². The first kappa shape index (κ1) is 14.5. The predicted octanol–water partition coefficient (Wildman–Crippen LogP) is 5.22. The third-order valence-electron chi connectivity index (χ3n) is 3.54. The molecule has 0 N–H and O–H groups in total. The van der Waals surface area contributed by atoms with E-state index in [0.717, 1.165) is 0 Å². The Morgan fingerprint density at radius 3 is 1.50 bits per heavy atom. The van der Waals surface area contributed by atoms with Crippen molar-refractivity contribution in [3.8, 4) is 0 Å². The summed E-state index contributed by atoms with van der Waals surface area (Å²) in [7, 11) is 0. The van der Waals surface area contributed by atoms with Crippen molar-refractivity contribution >= 4 is 0 Å². The van der Waals surface area contributed by atoms with E-state index in [2.05, 4.69) is 77.9 Å². The minimum Gasteiger partial charge on any atom is -0.0617 e. The van der Waals surface area contributed by atoms with Gasteiger partial charge in [0.15, 0.2) is 0 Å². The van der Waals surface area contributed by atoms with E-state index in [-0.39, 0.29) is 0 Å². The van der Waals surface area contributed by atoms with Gasteiger partial charge in [0.2, 0.25) is 0 Å². The fourth-order valence-corrected chi connectivity index (χ4v) is 1.79. The highest BCUT2D eigenvalue weighted by atomic mass is 14.0. The minimum absolute atomic E-state index is 1.35. The van der Waals surface area contributed by atoms with Crippen LogP contribution in [0.4, 0.5) is 0 Å². The second-order valence-electron chi connectivity index (χ2n) is 5.10. The topological polar surface area (TPSA) is 0 Å². The number of hydrogen-bond acceptors (Lipinski definition) is 0. The van der Waals surface area contributed by atoms with Crippen molar-refractivity contribution in [1.82, 2.24) is 0 Å². The molecule has 0 aromatic heterocycles. The van der Waals surface area contributed by atoms with Gasteiger partial charge in [-0.3, -0.25) is 0 Å². The first-order chi connectivity index (χ1) is 8.41. The molecular weight excluding hydrogens is 216 g/mol. The van der Waals surface area contributed by atoms with Crippen molar-refractivity contribution in [1.29, 1.82) is 0 Å². The Kier molecular flexibility index (Phi) is 5.15. The Balaban J connectivity index is 0.000000180. The quantitative estimate of drug-likeness (QED) is 0.592. The maximum Gasteiger partial charge on any atom is -0.0392 e. The molecule has 0 heteroatoms. The zero-order valence-electron chi connectivity index (χ0n) is 12.5. The highest BCUT2D eigenvalue weighted by molar-refractivity contribution is 5.31. The molecule has 0 aliphatic heterocycles. The van der Waals surface area contributed by atoms with Crippen molar-refractivity contribution in [2.24, 2.45) is 0 Å². The largest absolute Gasteiger partial charge is 0.0617 e. The minimum atomic E-state index is 1.35. The SMILES string of the molecule is Cc1ccc(C)c(C)c1.Cc1cccc(C)c1C. The fourth-order valence-electron chi connectivity index (χ4n) is 1.79. The first-order valence-electron chi connectivity index (χ1n) is 6.48. The summed E-state index contributed by atoms with van der Waals surface area (Å²) in [6.07, 6.45) is 0. The molecule has 0 fully saturated rings. The summed E-state index contributed by atoms with van der Waals surface area (Å²) in [6, 6.07) is 12.9. The lowest BCUT2D eigenvalue weighted by Gasteiger charge is -2.00. The van der Waals surface area contributed by atoms with Gasteiger partial charge in [-0.2, -0.15) is 0 Å². The Bertz CT molecular complexity index is 501. The maximum absolute atomic E-state index is 2.20. The van der Waals surface area contributed by atoms with Crippen LogP contribution in [0.1, 0.15) is 33.4 Å². The van der Waals surface area contributed by atoms with Crippen molar-refractivity contribution < 1.29 is 0 Å². The molecule has 2 aromatic rings. The zero-order chi connectivity index (χ0) is 13.7. The molecule has 18 heavy (non-hydrogen) atoms. The third-order valence-corrected chi connectivity index (χ3v) is 3.54. The van der Waals surface area contributed by atoms with E-state index >= 15 is 0 Å². The van der Waals surface area contributed by atoms with Gasteiger partial charge in [-0.05, 0) is 69.4 Å². The normalized spacial score (nSPS) is 9.67. The van der Waals surface area contributed by atoms with Crippen molar-refractivity contribution in [3.05, 3.63) is 69.8 Å². The van der Waals surface area contributed by atoms with Gasteiger partial charge in [0, 0.05) is 0 Å². The Morgan fingerprint density at radius 1 is 0.556 bits per heavy atom. The average molecular weight is 240 g/mol. The van der Waals surface area contributed by atoms with Crippen molar-refractivity contribution in [2.45, 2.75) is 41.5 Å². The highest BCUT2D eigenvalue weighted by Crippen LogP contribution is 2.10. The number of benzene rings is 2. The van der Waals surface area contributed by atoms with E-state index in [1.807, 2.05) is 0 Å². The van der Waals surface area contributed by atoms with Crippen LogP contribution in [0.25, 0.3) is 0 Å². The van der Waals surface area contributed by atoms with Gasteiger partial charge in [-0.15, -0.1) is 0 Å². The Labute approximate surface area is 112 Å². The van der Waals surface area contributed by atoms with Crippen LogP contribution >= 0.6 is 0 Å². The fraction of sp³-hybridized carbons (Fsp3) is 0.333. The molecule has 0 amide bonds. The molecule has 0 heterocycles. The molecule has 0 saturated carbocycles. The van der Waals surface area contributed by atoms with E-state index in [1.54, 1.807) is 0 Å². The molecule has 0 aliphatic carbocycles. The zero-order valence-corrected chi connectivity index (χ0v) is 12.5. The molecular formula is C18H24. The summed E-state index contributed by atoms with van der Waals surface area (Å²) in [5, 5.41) is 0. The lowest BCUT2D eigenvalue weighted by Crippen LogP contribution is -1.82. The van der Waals surface area contributed by atoms with Crippen LogP contribution in [0.3, 0.4) is 0 Å². The van der Waals surface area contributed by atoms with E-state index in [9.17, 15) is 0 Å². The summed E-state index contributed by atoms with van der Waals surface area (Å²) < 4.78 is 0. The maximum atomic E-state index is 2.20. The van der Waals surface area contributed by atoms with Crippen LogP contribution in [0.15, 0.2) is 36.4 Å². The summed E-state index contributed by atoms with van der Waals surface area (Å²) in [6.45, 7) is 12.8. The molecule has 2 rings (SSSR count). The molecule has 2 aromatic carbocycles. The molecule has 0 saturated heterocycles. The van der Waals surface area contributed by atoms with Crippen LogP contribution in [-0.4, -0.2) is 0 Å². The van der Waals surface area contributed by atoms with Crippen LogP contribution in [0.2, 0.25) is 0 Å². The Hall–Kier alpha value is -1.56. The van der Waals surface area contributed by atoms with Crippen LogP contribution in [0.5, 0.6) is 0 Å². The monoisotopic (exact) mass is 240 g/mol. The van der Waals surface area contributed by atoms with Crippen LogP contribution in [0, 0.1) is 41.5 Å². The standard InChI is InChI=1S/2C9H12/c1-7-4-5-8(2)9(3)6-7;1-7-5-4-6-8(2)9(7)3/h2*4-6H,1-3H3. The predicted molar refractivity (Wildman–Crippen MR) is 81.3 cm³/mol. The number of hydrogen-bond donors (Lipinski definition) is 0. The summed E-state index contributed by atoms with van der Waals surface area (Å²) >= 11 is 0. The summed E-state index contributed by atoms with van der Waals surface area (Å²) in [5.74, 6) is 0. The molecule has 0 spiro atoms. The van der Waals surface area contributed by atoms with E-state index in [4.69, 9.17) is 0 Å². The molecule has 0 aliphatic rings. The van der Waals surface area contributed by atoms with Gasteiger partial charge < -0.3 is 0 Å². The van der Waals surface area contributed by atoms with Crippen molar-refractivity contribution in [3.63, 3.8) is 0 Å².